The van der Waals surface area contributed by atoms with Crippen LogP contribution in [0.3, 0.4) is 0 Å². The lowest BCUT2D eigenvalue weighted by Gasteiger charge is -2.11. The molecule has 0 bridgehead atoms. The highest BCUT2D eigenvalue weighted by atomic mass is 16.2. The summed E-state index contributed by atoms with van der Waals surface area (Å²) in [6.07, 6.45) is 2.33. The zero-order valence-corrected chi connectivity index (χ0v) is 7.89. The smallest absolute Gasteiger partial charge is 0.224 e. The first-order valence-corrected chi connectivity index (χ1v) is 4.75. The summed E-state index contributed by atoms with van der Waals surface area (Å²) in [7, 11) is 0. The molecule has 2 N–H and O–H groups in total. The van der Waals surface area contributed by atoms with E-state index in [1.165, 1.54) is 12.8 Å². The maximum Gasteiger partial charge on any atom is 0.224 e. The van der Waals surface area contributed by atoms with Crippen LogP contribution in [0.2, 0.25) is 0 Å². The number of hydrogen-bond acceptors (Lipinski definition) is 2. The molecule has 70 valence electrons. The molecule has 0 aromatic carbocycles. The van der Waals surface area contributed by atoms with E-state index >= 15 is 0 Å². The first-order chi connectivity index (χ1) is 5.74. The van der Waals surface area contributed by atoms with Gasteiger partial charge in [-0.1, -0.05) is 13.8 Å². The summed E-state index contributed by atoms with van der Waals surface area (Å²) >= 11 is 0. The predicted octanol–water partition coefficient (Wildman–Crippen LogP) is 0.511. The maximum absolute atomic E-state index is 11.3. The number of nitrogens with one attached hydrogen (secondary N) is 2. The Morgan fingerprint density at radius 2 is 2.25 bits per heavy atom. The third-order valence-electron chi connectivity index (χ3n) is 2.07. The molecule has 0 aromatic heterocycles. The van der Waals surface area contributed by atoms with Crippen LogP contribution in [0.25, 0.3) is 0 Å². The first kappa shape index (κ1) is 9.52. The van der Waals surface area contributed by atoms with Crippen molar-refractivity contribution in [2.24, 2.45) is 5.92 Å². The van der Waals surface area contributed by atoms with Crippen LogP contribution >= 0.6 is 0 Å². The van der Waals surface area contributed by atoms with Crippen LogP contribution in [0, 0.1) is 5.92 Å². The second kappa shape index (κ2) is 4.45. The first-order valence-electron chi connectivity index (χ1n) is 4.75. The fourth-order valence-corrected chi connectivity index (χ4v) is 1.02. The van der Waals surface area contributed by atoms with Crippen LogP contribution in [0.1, 0.15) is 26.7 Å². The minimum absolute atomic E-state index is 0.102. The minimum Gasteiger partial charge on any atom is -0.353 e. The Morgan fingerprint density at radius 1 is 1.58 bits per heavy atom. The quantitative estimate of drug-likeness (QED) is 0.631. The molecular weight excluding hydrogens is 152 g/mol. The van der Waals surface area contributed by atoms with Crippen molar-refractivity contribution in [2.45, 2.75) is 32.7 Å². The van der Waals surface area contributed by atoms with Gasteiger partial charge < -0.3 is 10.6 Å². The second-order valence-corrected chi connectivity index (χ2v) is 3.49. The SMILES string of the molecule is CCNCC(C)C(=O)NC1CC1. The zero-order valence-electron chi connectivity index (χ0n) is 7.89. The fraction of sp³-hybridized carbons (Fsp3) is 0.889. The lowest BCUT2D eigenvalue weighted by atomic mass is 10.1. The van der Waals surface area contributed by atoms with Gasteiger partial charge in [0.2, 0.25) is 5.91 Å². The fourth-order valence-electron chi connectivity index (χ4n) is 1.02. The molecule has 1 aliphatic rings. The van der Waals surface area contributed by atoms with E-state index in [2.05, 4.69) is 10.6 Å². The van der Waals surface area contributed by atoms with Crippen LogP contribution in [0.5, 0.6) is 0 Å². The lowest BCUT2D eigenvalue weighted by Crippen LogP contribution is -2.36. The van der Waals surface area contributed by atoms with Gasteiger partial charge in [-0.25, -0.2) is 0 Å². The van der Waals surface area contributed by atoms with Gasteiger partial charge in [-0.05, 0) is 19.4 Å². The van der Waals surface area contributed by atoms with Crippen molar-refractivity contribution in [3.63, 3.8) is 0 Å². The highest BCUT2D eigenvalue weighted by molar-refractivity contribution is 5.79. The van der Waals surface area contributed by atoms with E-state index < -0.39 is 0 Å². The van der Waals surface area contributed by atoms with Gasteiger partial charge in [-0.15, -0.1) is 0 Å². The number of amides is 1. The van der Waals surface area contributed by atoms with E-state index in [1.807, 2.05) is 13.8 Å². The standard InChI is InChI=1S/C9H18N2O/c1-3-10-6-7(2)9(12)11-8-4-5-8/h7-8,10H,3-6H2,1-2H3,(H,11,12). The molecule has 0 spiro atoms. The summed E-state index contributed by atoms with van der Waals surface area (Å²) in [5.41, 5.74) is 0. The maximum atomic E-state index is 11.3. The van der Waals surface area contributed by atoms with Crippen LogP contribution < -0.4 is 10.6 Å². The van der Waals surface area contributed by atoms with Gasteiger partial charge in [0.15, 0.2) is 0 Å². The van der Waals surface area contributed by atoms with Gasteiger partial charge in [0, 0.05) is 18.5 Å². The van der Waals surface area contributed by atoms with E-state index in [9.17, 15) is 4.79 Å². The van der Waals surface area contributed by atoms with Crippen molar-refractivity contribution in [1.29, 1.82) is 0 Å². The van der Waals surface area contributed by atoms with Crippen molar-refractivity contribution in [2.75, 3.05) is 13.1 Å². The van der Waals surface area contributed by atoms with E-state index in [-0.39, 0.29) is 11.8 Å². The molecule has 1 fully saturated rings. The van der Waals surface area contributed by atoms with Gasteiger partial charge in [0.25, 0.3) is 0 Å². The van der Waals surface area contributed by atoms with Gasteiger partial charge in [0.05, 0.1) is 0 Å². The molecule has 1 amide bonds. The molecule has 0 heterocycles. The van der Waals surface area contributed by atoms with Gasteiger partial charge in [-0.2, -0.15) is 0 Å². The molecule has 3 nitrogen and oxygen atoms in total. The highest BCUT2D eigenvalue weighted by Gasteiger charge is 2.25. The summed E-state index contributed by atoms with van der Waals surface area (Å²) in [6.45, 7) is 5.72. The third-order valence-corrected chi connectivity index (χ3v) is 2.07. The molecule has 1 aliphatic carbocycles. The summed E-state index contributed by atoms with van der Waals surface area (Å²) in [4.78, 5) is 11.3. The molecule has 0 aliphatic heterocycles. The Labute approximate surface area is 73.9 Å². The zero-order chi connectivity index (χ0) is 8.97. The number of carbonyl (C=O) groups excluding carboxylic acids is 1. The van der Waals surface area contributed by atoms with Gasteiger partial charge >= 0.3 is 0 Å². The molecule has 0 radical (unpaired) electrons. The molecule has 0 aromatic rings. The Kier molecular flexibility index (Phi) is 3.53. The lowest BCUT2D eigenvalue weighted by molar-refractivity contribution is -0.124. The van der Waals surface area contributed by atoms with Crippen molar-refractivity contribution in [1.82, 2.24) is 10.6 Å². The number of rotatable bonds is 5. The van der Waals surface area contributed by atoms with Gasteiger partial charge in [-0.3, -0.25) is 4.79 Å². The predicted molar refractivity (Wildman–Crippen MR) is 48.9 cm³/mol. The molecule has 1 saturated carbocycles. The summed E-state index contributed by atoms with van der Waals surface area (Å²) in [6, 6.07) is 0.488. The topological polar surface area (TPSA) is 41.1 Å². The average molecular weight is 170 g/mol. The van der Waals surface area contributed by atoms with Crippen molar-refractivity contribution in [3.8, 4) is 0 Å². The molecule has 1 rings (SSSR count). The summed E-state index contributed by atoms with van der Waals surface area (Å²) in [5.74, 6) is 0.295. The van der Waals surface area contributed by atoms with E-state index in [0.29, 0.717) is 6.04 Å². The van der Waals surface area contributed by atoms with Crippen molar-refractivity contribution in [3.05, 3.63) is 0 Å². The van der Waals surface area contributed by atoms with Crippen LogP contribution in [0.15, 0.2) is 0 Å². The monoisotopic (exact) mass is 170 g/mol. The second-order valence-electron chi connectivity index (χ2n) is 3.49. The Balaban J connectivity index is 2.11. The Hall–Kier alpha value is -0.570. The van der Waals surface area contributed by atoms with Crippen molar-refractivity contribution >= 4 is 5.91 Å². The van der Waals surface area contributed by atoms with Crippen LogP contribution in [-0.2, 0) is 4.79 Å². The van der Waals surface area contributed by atoms with E-state index in [1.54, 1.807) is 0 Å². The molecule has 1 unspecified atom stereocenters. The van der Waals surface area contributed by atoms with E-state index in [0.717, 1.165) is 13.1 Å². The normalized spacial score (nSPS) is 18.8. The molecular formula is C9H18N2O. The molecule has 3 heteroatoms. The largest absolute Gasteiger partial charge is 0.353 e. The summed E-state index contributed by atoms with van der Waals surface area (Å²) < 4.78 is 0. The average Bonchev–Trinajstić information content (AvgIpc) is 2.83. The Morgan fingerprint density at radius 3 is 2.75 bits per heavy atom. The molecule has 1 atom stereocenters. The van der Waals surface area contributed by atoms with Crippen molar-refractivity contribution < 1.29 is 4.79 Å². The molecule has 12 heavy (non-hydrogen) atoms. The number of hydrogen-bond donors (Lipinski definition) is 2. The van der Waals surface area contributed by atoms with Gasteiger partial charge in [0.1, 0.15) is 0 Å². The Bertz CT molecular complexity index is 155. The summed E-state index contributed by atoms with van der Waals surface area (Å²) in [5, 5.41) is 6.15. The third kappa shape index (κ3) is 3.22. The van der Waals surface area contributed by atoms with E-state index in [4.69, 9.17) is 0 Å². The molecule has 0 saturated heterocycles. The minimum atomic E-state index is 0.102. The van der Waals surface area contributed by atoms with Crippen LogP contribution in [-0.4, -0.2) is 25.0 Å². The number of carbonyl (C=O) groups is 1. The highest BCUT2D eigenvalue weighted by Crippen LogP contribution is 2.18. The van der Waals surface area contributed by atoms with Crippen LogP contribution in [0.4, 0.5) is 0 Å².